The Balaban J connectivity index is 2.02. The summed E-state index contributed by atoms with van der Waals surface area (Å²) in [5, 5.41) is 0. The van der Waals surface area contributed by atoms with Gasteiger partial charge in [0, 0.05) is 11.8 Å². The minimum absolute atomic E-state index is 0.264. The van der Waals surface area contributed by atoms with Crippen LogP contribution in [0.25, 0.3) is 0 Å². The zero-order chi connectivity index (χ0) is 7.87. The zero-order valence-corrected chi connectivity index (χ0v) is 6.68. The number of carbonyl (C=O) groups excluding carboxylic acids is 1. The summed E-state index contributed by atoms with van der Waals surface area (Å²) >= 11 is 0. The number of Topliss-reactive ketones (excluding diaryl/α,β-unsaturated/α-hetero) is 1. The van der Waals surface area contributed by atoms with Crippen molar-refractivity contribution in [3.8, 4) is 0 Å². The SMILES string of the molecule is O=C1C2C=CC3C=CC2C2C1C32. The lowest BCUT2D eigenvalue weighted by Crippen LogP contribution is -2.20. The molecule has 6 aliphatic rings. The number of rotatable bonds is 0. The molecule has 1 heteroatoms. The molecular weight excluding hydrogens is 148 g/mol. The molecule has 0 aromatic heterocycles. The van der Waals surface area contributed by atoms with E-state index in [1.54, 1.807) is 0 Å². The van der Waals surface area contributed by atoms with Gasteiger partial charge in [0.05, 0.1) is 0 Å². The molecule has 0 aromatic carbocycles. The van der Waals surface area contributed by atoms with Gasteiger partial charge in [0.25, 0.3) is 0 Å². The fraction of sp³-hybridized carbons (Fsp3) is 0.545. The average molecular weight is 158 g/mol. The van der Waals surface area contributed by atoms with Crippen LogP contribution in [0.2, 0.25) is 0 Å². The van der Waals surface area contributed by atoms with Crippen LogP contribution in [-0.2, 0) is 4.79 Å². The van der Waals surface area contributed by atoms with E-state index in [9.17, 15) is 4.79 Å². The van der Waals surface area contributed by atoms with Crippen molar-refractivity contribution < 1.29 is 4.79 Å². The van der Waals surface area contributed by atoms with Gasteiger partial charge in [-0.15, -0.1) is 0 Å². The predicted octanol–water partition coefficient (Wildman–Crippen LogP) is 1.42. The molecule has 6 unspecified atom stereocenters. The van der Waals surface area contributed by atoms with Crippen LogP contribution in [0.1, 0.15) is 0 Å². The number of ketones is 1. The summed E-state index contributed by atoms with van der Waals surface area (Å²) in [6.07, 6.45) is 9.03. The predicted molar refractivity (Wildman–Crippen MR) is 44.2 cm³/mol. The molecule has 6 bridgehead atoms. The summed E-state index contributed by atoms with van der Waals surface area (Å²) < 4.78 is 0. The van der Waals surface area contributed by atoms with Crippen LogP contribution in [-0.4, -0.2) is 5.78 Å². The minimum Gasteiger partial charge on any atom is -0.299 e. The van der Waals surface area contributed by atoms with E-state index in [4.69, 9.17) is 0 Å². The van der Waals surface area contributed by atoms with Crippen molar-refractivity contribution in [1.29, 1.82) is 0 Å². The molecule has 2 fully saturated rings. The second-order valence-electron chi connectivity index (χ2n) is 4.53. The molecule has 0 aromatic rings. The number of carbonyl (C=O) groups is 1. The Morgan fingerprint density at radius 2 is 1.83 bits per heavy atom. The molecule has 6 aliphatic carbocycles. The highest BCUT2D eigenvalue weighted by Gasteiger charge is 2.69. The monoisotopic (exact) mass is 158 g/mol. The molecule has 2 saturated carbocycles. The van der Waals surface area contributed by atoms with Gasteiger partial charge in [-0.25, -0.2) is 0 Å². The maximum atomic E-state index is 11.7. The quantitative estimate of drug-likeness (QED) is 0.487. The van der Waals surface area contributed by atoms with Crippen molar-refractivity contribution in [3.05, 3.63) is 24.3 Å². The third-order valence-electron chi connectivity index (χ3n) is 4.19. The van der Waals surface area contributed by atoms with Crippen molar-refractivity contribution in [2.24, 2.45) is 35.5 Å². The zero-order valence-electron chi connectivity index (χ0n) is 6.68. The standard InChI is InChI=1S/C11H10O/c12-11-7-4-2-5-1-3-6(7)9-8(5)10(9)11/h1-10H. The minimum atomic E-state index is 0.264. The summed E-state index contributed by atoms with van der Waals surface area (Å²) in [4.78, 5) is 11.7. The van der Waals surface area contributed by atoms with Gasteiger partial charge in [0.1, 0.15) is 5.78 Å². The maximum absolute atomic E-state index is 11.7. The Kier molecular flexibility index (Phi) is 0.697. The molecule has 0 amide bonds. The first-order valence-electron chi connectivity index (χ1n) is 4.78. The van der Waals surface area contributed by atoms with Crippen LogP contribution >= 0.6 is 0 Å². The smallest absolute Gasteiger partial charge is 0.144 e. The molecule has 6 rings (SSSR count). The lowest BCUT2D eigenvalue weighted by Gasteiger charge is -2.19. The second kappa shape index (κ2) is 1.46. The van der Waals surface area contributed by atoms with Gasteiger partial charge >= 0.3 is 0 Å². The average Bonchev–Trinajstić information content (AvgIpc) is 2.80. The normalized spacial score (nSPS) is 62.5. The Labute approximate surface area is 71.1 Å². The van der Waals surface area contributed by atoms with Gasteiger partial charge < -0.3 is 0 Å². The van der Waals surface area contributed by atoms with Gasteiger partial charge in [-0.3, -0.25) is 4.79 Å². The second-order valence-corrected chi connectivity index (χ2v) is 4.53. The van der Waals surface area contributed by atoms with E-state index in [-0.39, 0.29) is 5.92 Å². The Bertz CT molecular complexity index is 339. The highest BCUT2D eigenvalue weighted by atomic mass is 16.1. The molecule has 0 aliphatic heterocycles. The Hall–Kier alpha value is -0.850. The Morgan fingerprint density at radius 3 is 2.75 bits per heavy atom. The van der Waals surface area contributed by atoms with E-state index in [1.807, 2.05) is 0 Å². The van der Waals surface area contributed by atoms with Crippen LogP contribution in [0.15, 0.2) is 24.3 Å². The Morgan fingerprint density at radius 1 is 1.00 bits per heavy atom. The van der Waals surface area contributed by atoms with Crippen molar-refractivity contribution in [3.63, 3.8) is 0 Å². The van der Waals surface area contributed by atoms with Crippen molar-refractivity contribution in [1.82, 2.24) is 0 Å². The van der Waals surface area contributed by atoms with E-state index < -0.39 is 0 Å². The third-order valence-corrected chi connectivity index (χ3v) is 4.19. The van der Waals surface area contributed by atoms with Crippen LogP contribution in [0.3, 0.4) is 0 Å². The van der Waals surface area contributed by atoms with Crippen LogP contribution in [0.4, 0.5) is 0 Å². The van der Waals surface area contributed by atoms with Crippen LogP contribution in [0, 0.1) is 35.5 Å². The molecule has 1 nitrogen and oxygen atoms in total. The van der Waals surface area contributed by atoms with E-state index in [2.05, 4.69) is 24.3 Å². The highest BCUT2D eigenvalue weighted by molar-refractivity contribution is 5.93. The number of hydrogen-bond acceptors (Lipinski definition) is 1. The lowest BCUT2D eigenvalue weighted by molar-refractivity contribution is -0.122. The van der Waals surface area contributed by atoms with Crippen LogP contribution < -0.4 is 0 Å². The first-order valence-corrected chi connectivity index (χ1v) is 4.78. The van der Waals surface area contributed by atoms with Gasteiger partial charge in [-0.05, 0) is 23.7 Å². The first-order chi connectivity index (χ1) is 5.88. The summed E-state index contributed by atoms with van der Waals surface area (Å²) in [6.45, 7) is 0. The lowest BCUT2D eigenvalue weighted by atomic mass is 9.84. The number of allylic oxidation sites excluding steroid dienone is 4. The summed E-state index contributed by atoms with van der Waals surface area (Å²) in [7, 11) is 0. The summed E-state index contributed by atoms with van der Waals surface area (Å²) in [5.41, 5.74) is 0. The van der Waals surface area contributed by atoms with Crippen molar-refractivity contribution in [2.45, 2.75) is 0 Å². The van der Waals surface area contributed by atoms with E-state index in [1.165, 1.54) is 0 Å². The maximum Gasteiger partial charge on any atom is 0.144 e. The fourth-order valence-electron chi connectivity index (χ4n) is 3.68. The largest absolute Gasteiger partial charge is 0.299 e. The fourth-order valence-corrected chi connectivity index (χ4v) is 3.68. The third kappa shape index (κ3) is 0.397. The van der Waals surface area contributed by atoms with Gasteiger partial charge in [0.2, 0.25) is 0 Å². The molecule has 12 heavy (non-hydrogen) atoms. The topological polar surface area (TPSA) is 17.1 Å². The first kappa shape index (κ1) is 5.74. The molecule has 0 N–H and O–H groups in total. The van der Waals surface area contributed by atoms with Crippen molar-refractivity contribution in [2.75, 3.05) is 0 Å². The van der Waals surface area contributed by atoms with Gasteiger partial charge in [0.15, 0.2) is 0 Å². The molecule has 6 atom stereocenters. The molecule has 0 spiro atoms. The van der Waals surface area contributed by atoms with E-state index >= 15 is 0 Å². The van der Waals surface area contributed by atoms with Gasteiger partial charge in [-0.1, -0.05) is 24.3 Å². The molecule has 60 valence electrons. The number of hydrogen-bond donors (Lipinski definition) is 0. The molecule has 0 heterocycles. The van der Waals surface area contributed by atoms with Crippen LogP contribution in [0.5, 0.6) is 0 Å². The highest BCUT2D eigenvalue weighted by Crippen LogP contribution is 2.68. The van der Waals surface area contributed by atoms with E-state index in [0.29, 0.717) is 29.5 Å². The molecule has 0 saturated heterocycles. The van der Waals surface area contributed by atoms with Gasteiger partial charge in [-0.2, -0.15) is 0 Å². The van der Waals surface area contributed by atoms with E-state index in [0.717, 1.165) is 5.92 Å². The summed E-state index contributed by atoms with van der Waals surface area (Å²) in [6, 6.07) is 0. The molecule has 0 radical (unpaired) electrons. The van der Waals surface area contributed by atoms with Crippen molar-refractivity contribution >= 4 is 5.78 Å². The summed E-state index contributed by atoms with van der Waals surface area (Å²) in [5.74, 6) is 3.90. The molecular formula is C11H10O.